The largest absolute Gasteiger partial charge is 0.330 e. The van der Waals surface area contributed by atoms with E-state index in [4.69, 9.17) is 28.9 Å². The minimum absolute atomic E-state index is 0.154. The average Bonchev–Trinajstić information content (AvgIpc) is 2.42. The number of hydrogen-bond acceptors (Lipinski definition) is 1. The van der Waals surface area contributed by atoms with Crippen LogP contribution in [-0.2, 0) is 12.8 Å². The molecule has 0 aliphatic heterocycles. The predicted molar refractivity (Wildman–Crippen MR) is 82.8 cm³/mol. The van der Waals surface area contributed by atoms with Crippen LogP contribution in [0.3, 0.4) is 0 Å². The van der Waals surface area contributed by atoms with Crippen LogP contribution in [0.15, 0.2) is 42.5 Å². The SMILES string of the molecule is NCC(Cc1cccc(Cl)c1)Cc1cc(Cl)ccc1F. The van der Waals surface area contributed by atoms with Gasteiger partial charge in [0.15, 0.2) is 0 Å². The van der Waals surface area contributed by atoms with E-state index in [0.717, 1.165) is 12.0 Å². The smallest absolute Gasteiger partial charge is 0.126 e. The van der Waals surface area contributed by atoms with Gasteiger partial charge in [0, 0.05) is 10.0 Å². The Morgan fingerprint density at radius 3 is 2.45 bits per heavy atom. The second kappa shape index (κ2) is 7.07. The van der Waals surface area contributed by atoms with E-state index in [9.17, 15) is 4.39 Å². The number of hydrogen-bond donors (Lipinski definition) is 1. The van der Waals surface area contributed by atoms with Gasteiger partial charge in [-0.15, -0.1) is 0 Å². The molecule has 1 nitrogen and oxygen atoms in total. The Hall–Kier alpha value is -1.09. The molecule has 4 heteroatoms. The monoisotopic (exact) mass is 311 g/mol. The number of rotatable bonds is 5. The van der Waals surface area contributed by atoms with Crippen LogP contribution >= 0.6 is 23.2 Å². The van der Waals surface area contributed by atoms with E-state index in [-0.39, 0.29) is 11.7 Å². The molecule has 2 N–H and O–H groups in total. The molecule has 1 unspecified atom stereocenters. The molecule has 0 radical (unpaired) electrons. The van der Waals surface area contributed by atoms with Crippen molar-refractivity contribution in [2.75, 3.05) is 6.54 Å². The van der Waals surface area contributed by atoms with Crippen molar-refractivity contribution in [3.05, 3.63) is 69.5 Å². The van der Waals surface area contributed by atoms with Gasteiger partial charge in [0.25, 0.3) is 0 Å². The second-order valence-electron chi connectivity index (χ2n) is 4.88. The zero-order valence-corrected chi connectivity index (χ0v) is 12.5. The topological polar surface area (TPSA) is 26.0 Å². The van der Waals surface area contributed by atoms with Crippen LogP contribution in [0.4, 0.5) is 4.39 Å². The fourth-order valence-corrected chi connectivity index (χ4v) is 2.65. The first-order chi connectivity index (χ1) is 9.58. The molecule has 0 heterocycles. The molecule has 20 heavy (non-hydrogen) atoms. The van der Waals surface area contributed by atoms with Crippen molar-refractivity contribution < 1.29 is 4.39 Å². The average molecular weight is 312 g/mol. The molecule has 0 aliphatic rings. The van der Waals surface area contributed by atoms with E-state index in [2.05, 4.69) is 0 Å². The Kier molecular flexibility index (Phi) is 5.41. The van der Waals surface area contributed by atoms with Crippen LogP contribution in [0.25, 0.3) is 0 Å². The number of halogens is 3. The molecule has 2 rings (SSSR count). The summed E-state index contributed by atoms with van der Waals surface area (Å²) >= 11 is 11.9. The third-order valence-electron chi connectivity index (χ3n) is 3.26. The Morgan fingerprint density at radius 1 is 1.00 bits per heavy atom. The molecule has 0 aromatic heterocycles. The fraction of sp³-hybridized carbons (Fsp3) is 0.250. The maximum atomic E-state index is 13.7. The van der Waals surface area contributed by atoms with E-state index in [0.29, 0.717) is 28.6 Å². The minimum atomic E-state index is -0.237. The molecule has 1 atom stereocenters. The van der Waals surface area contributed by atoms with E-state index in [1.807, 2.05) is 24.3 Å². The lowest BCUT2D eigenvalue weighted by atomic mass is 9.92. The lowest BCUT2D eigenvalue weighted by molar-refractivity contribution is 0.512. The first kappa shape index (κ1) is 15.3. The summed E-state index contributed by atoms with van der Waals surface area (Å²) in [5, 5.41) is 1.24. The van der Waals surface area contributed by atoms with Crippen molar-refractivity contribution in [3.63, 3.8) is 0 Å². The van der Waals surface area contributed by atoms with Crippen molar-refractivity contribution in [2.45, 2.75) is 12.8 Å². The highest BCUT2D eigenvalue weighted by Gasteiger charge is 2.12. The molecule has 0 saturated carbocycles. The van der Waals surface area contributed by atoms with E-state index in [1.165, 1.54) is 6.07 Å². The van der Waals surface area contributed by atoms with E-state index >= 15 is 0 Å². The lowest BCUT2D eigenvalue weighted by Crippen LogP contribution is -2.20. The van der Waals surface area contributed by atoms with Crippen molar-refractivity contribution in [2.24, 2.45) is 11.7 Å². The highest BCUT2D eigenvalue weighted by Crippen LogP contribution is 2.21. The van der Waals surface area contributed by atoms with Crippen molar-refractivity contribution in [1.29, 1.82) is 0 Å². The summed E-state index contributed by atoms with van der Waals surface area (Å²) in [6, 6.07) is 12.3. The van der Waals surface area contributed by atoms with Gasteiger partial charge in [-0.1, -0.05) is 35.3 Å². The van der Waals surface area contributed by atoms with Crippen molar-refractivity contribution in [1.82, 2.24) is 0 Å². The van der Waals surface area contributed by atoms with Crippen LogP contribution in [-0.4, -0.2) is 6.54 Å². The summed E-state index contributed by atoms with van der Waals surface area (Å²) in [5.74, 6) is -0.0830. The molecule has 0 bridgehead atoms. The van der Waals surface area contributed by atoms with Gasteiger partial charge >= 0.3 is 0 Å². The maximum absolute atomic E-state index is 13.7. The highest BCUT2D eigenvalue weighted by atomic mass is 35.5. The summed E-state index contributed by atoms with van der Waals surface area (Å²) in [4.78, 5) is 0. The Labute approximate surface area is 128 Å². The van der Waals surface area contributed by atoms with Gasteiger partial charge in [0.1, 0.15) is 5.82 Å². The predicted octanol–water partition coefficient (Wildman–Crippen LogP) is 4.49. The molecule has 106 valence electrons. The van der Waals surface area contributed by atoms with E-state index in [1.54, 1.807) is 12.1 Å². The molecule has 2 aromatic carbocycles. The van der Waals surface area contributed by atoms with Crippen LogP contribution in [0.2, 0.25) is 10.0 Å². The van der Waals surface area contributed by atoms with Crippen LogP contribution in [0.1, 0.15) is 11.1 Å². The number of nitrogens with two attached hydrogens (primary N) is 1. The molecule has 2 aromatic rings. The quantitative estimate of drug-likeness (QED) is 0.865. The highest BCUT2D eigenvalue weighted by molar-refractivity contribution is 6.30. The third kappa shape index (κ3) is 4.20. The Balaban J connectivity index is 2.11. The van der Waals surface area contributed by atoms with Gasteiger partial charge in [-0.2, -0.15) is 0 Å². The Bertz CT molecular complexity index is 586. The first-order valence-electron chi connectivity index (χ1n) is 6.47. The van der Waals surface area contributed by atoms with Crippen molar-refractivity contribution >= 4 is 23.2 Å². The molecule has 0 aliphatic carbocycles. The molecule has 0 amide bonds. The van der Waals surface area contributed by atoms with Crippen molar-refractivity contribution in [3.8, 4) is 0 Å². The standard InChI is InChI=1S/C16H16Cl2FN/c17-14-3-1-2-11(8-14)6-12(10-20)7-13-9-15(18)4-5-16(13)19/h1-5,8-9,12H,6-7,10,20H2. The van der Waals surface area contributed by atoms with Gasteiger partial charge in [0.05, 0.1) is 0 Å². The van der Waals surface area contributed by atoms with E-state index < -0.39 is 0 Å². The second-order valence-corrected chi connectivity index (χ2v) is 5.75. The summed E-state index contributed by atoms with van der Waals surface area (Å²) in [6.45, 7) is 0.485. The summed E-state index contributed by atoms with van der Waals surface area (Å²) in [6.07, 6.45) is 1.33. The fourth-order valence-electron chi connectivity index (χ4n) is 2.25. The zero-order chi connectivity index (χ0) is 14.5. The van der Waals surface area contributed by atoms with Crippen LogP contribution in [0, 0.1) is 11.7 Å². The van der Waals surface area contributed by atoms with Crippen LogP contribution < -0.4 is 5.73 Å². The minimum Gasteiger partial charge on any atom is -0.330 e. The molecular formula is C16H16Cl2FN. The third-order valence-corrected chi connectivity index (χ3v) is 3.73. The zero-order valence-electron chi connectivity index (χ0n) is 11.0. The Morgan fingerprint density at radius 2 is 1.75 bits per heavy atom. The summed E-state index contributed by atoms with van der Waals surface area (Å²) in [5.41, 5.74) is 7.52. The molecule has 0 saturated heterocycles. The van der Waals surface area contributed by atoms with Gasteiger partial charge in [-0.05, 0) is 66.8 Å². The number of benzene rings is 2. The van der Waals surface area contributed by atoms with Gasteiger partial charge in [-0.3, -0.25) is 0 Å². The lowest BCUT2D eigenvalue weighted by Gasteiger charge is -2.16. The summed E-state index contributed by atoms with van der Waals surface area (Å²) in [7, 11) is 0. The summed E-state index contributed by atoms with van der Waals surface area (Å²) < 4.78 is 13.7. The maximum Gasteiger partial charge on any atom is 0.126 e. The normalized spacial score (nSPS) is 12.4. The molecular weight excluding hydrogens is 296 g/mol. The molecule has 0 fully saturated rings. The van der Waals surface area contributed by atoms with Gasteiger partial charge in [-0.25, -0.2) is 4.39 Å². The first-order valence-corrected chi connectivity index (χ1v) is 7.22. The van der Waals surface area contributed by atoms with Gasteiger partial charge in [0.2, 0.25) is 0 Å². The molecule has 0 spiro atoms. The van der Waals surface area contributed by atoms with Crippen LogP contribution in [0.5, 0.6) is 0 Å². The van der Waals surface area contributed by atoms with Gasteiger partial charge < -0.3 is 5.73 Å².